The molecule has 1 saturated heterocycles. The molecule has 1 aliphatic heterocycles. The number of nitrogens with zero attached hydrogens (tertiary/aromatic N) is 2. The van der Waals surface area contributed by atoms with Crippen LogP contribution in [0, 0.1) is 11.6 Å². The Hall–Kier alpha value is -1.34. The summed E-state index contributed by atoms with van der Waals surface area (Å²) in [6.07, 6.45) is 3.16. The summed E-state index contributed by atoms with van der Waals surface area (Å²) in [5, 5.41) is 7.14. The molecule has 7 heteroatoms. The van der Waals surface area contributed by atoms with Gasteiger partial charge in [-0.3, -0.25) is 0 Å². The van der Waals surface area contributed by atoms with Gasteiger partial charge >= 0.3 is 0 Å². The summed E-state index contributed by atoms with van der Waals surface area (Å²) in [7, 11) is 0. The Bertz CT molecular complexity index is 626. The molecule has 1 atom stereocenters. The molecule has 0 spiro atoms. The van der Waals surface area contributed by atoms with Crippen LogP contribution in [0.5, 0.6) is 0 Å². The second-order valence-electron chi connectivity index (χ2n) is 4.68. The Morgan fingerprint density at radius 1 is 1.30 bits per heavy atom. The molecule has 0 saturated carbocycles. The highest BCUT2D eigenvalue weighted by Crippen LogP contribution is 2.31. The van der Waals surface area contributed by atoms with E-state index in [1.165, 1.54) is 6.07 Å². The minimum absolute atomic E-state index is 0.00135. The molecule has 2 heterocycles. The first-order valence-corrected chi connectivity index (χ1v) is 7.17. The topological polar surface area (TPSA) is 51.0 Å². The molecule has 4 nitrogen and oxygen atoms in total. The lowest BCUT2D eigenvalue weighted by molar-refractivity contribution is 0.297. The van der Waals surface area contributed by atoms with Crippen molar-refractivity contribution in [2.24, 2.45) is 0 Å². The van der Waals surface area contributed by atoms with Crippen molar-refractivity contribution in [2.45, 2.75) is 25.3 Å². The van der Waals surface area contributed by atoms with Crippen LogP contribution in [0.2, 0.25) is 0 Å². The first-order chi connectivity index (χ1) is 9.66. The fourth-order valence-electron chi connectivity index (χ4n) is 2.25. The first-order valence-electron chi connectivity index (χ1n) is 6.37. The molecule has 1 fully saturated rings. The Morgan fingerprint density at radius 2 is 2.15 bits per heavy atom. The normalized spacial score (nSPS) is 19.2. The number of hydrogen-bond acceptors (Lipinski definition) is 4. The van der Waals surface area contributed by atoms with E-state index in [-0.39, 0.29) is 16.3 Å². The predicted molar refractivity (Wildman–Crippen MR) is 71.9 cm³/mol. The van der Waals surface area contributed by atoms with Crippen molar-refractivity contribution >= 4 is 15.9 Å². The number of rotatable bonds is 2. The summed E-state index contributed by atoms with van der Waals surface area (Å²) in [6, 6.07) is 2.50. The number of benzene rings is 1. The standard InChI is InChI=1S/C13H12BrF2N3O/c14-10-7(4-5-8(15)11(10)16)12-18-13(20-19-12)9-3-1-2-6-17-9/h4-5,9,17H,1-3,6H2/t9-/m0/s1. The molecule has 1 aromatic carbocycles. The number of piperidine rings is 1. The lowest BCUT2D eigenvalue weighted by Gasteiger charge is -2.19. The van der Waals surface area contributed by atoms with E-state index in [9.17, 15) is 8.78 Å². The Morgan fingerprint density at radius 3 is 2.90 bits per heavy atom. The fourth-order valence-corrected chi connectivity index (χ4v) is 2.75. The summed E-state index contributed by atoms with van der Waals surface area (Å²) < 4.78 is 31.8. The highest BCUT2D eigenvalue weighted by Gasteiger charge is 2.23. The van der Waals surface area contributed by atoms with Gasteiger partial charge in [-0.05, 0) is 47.4 Å². The molecule has 0 bridgehead atoms. The molecule has 0 aliphatic carbocycles. The zero-order chi connectivity index (χ0) is 14.1. The molecular formula is C13H12BrF2N3O. The van der Waals surface area contributed by atoms with Crippen LogP contribution in [0.15, 0.2) is 21.1 Å². The van der Waals surface area contributed by atoms with Gasteiger partial charge in [0.05, 0.1) is 10.5 Å². The van der Waals surface area contributed by atoms with E-state index in [0.29, 0.717) is 11.5 Å². The van der Waals surface area contributed by atoms with Crippen LogP contribution in [0.4, 0.5) is 8.78 Å². The molecule has 3 rings (SSSR count). The molecule has 2 aromatic rings. The lowest BCUT2D eigenvalue weighted by Crippen LogP contribution is -2.26. The Labute approximate surface area is 122 Å². The van der Waals surface area contributed by atoms with Crippen molar-refractivity contribution in [3.63, 3.8) is 0 Å². The summed E-state index contributed by atoms with van der Waals surface area (Å²) in [6.45, 7) is 0.914. The SMILES string of the molecule is Fc1ccc(-c2noc([C@@H]3CCCCN3)n2)c(Br)c1F. The second kappa shape index (κ2) is 5.57. The average Bonchev–Trinajstić information content (AvgIpc) is 2.95. The van der Waals surface area contributed by atoms with Crippen molar-refractivity contribution < 1.29 is 13.3 Å². The quantitative estimate of drug-likeness (QED) is 0.846. The van der Waals surface area contributed by atoms with Gasteiger partial charge in [-0.15, -0.1) is 0 Å². The summed E-state index contributed by atoms with van der Waals surface area (Å²) >= 11 is 3.02. The highest BCUT2D eigenvalue weighted by atomic mass is 79.9. The van der Waals surface area contributed by atoms with Crippen LogP contribution in [-0.4, -0.2) is 16.7 Å². The van der Waals surface area contributed by atoms with E-state index in [1.54, 1.807) is 0 Å². The van der Waals surface area contributed by atoms with Gasteiger partial charge in [0.15, 0.2) is 11.6 Å². The average molecular weight is 344 g/mol. The highest BCUT2D eigenvalue weighted by molar-refractivity contribution is 9.10. The molecule has 1 aromatic heterocycles. The maximum atomic E-state index is 13.5. The molecule has 0 radical (unpaired) electrons. The van der Waals surface area contributed by atoms with Gasteiger partial charge in [0.25, 0.3) is 0 Å². The Balaban J connectivity index is 1.92. The third kappa shape index (κ3) is 2.47. The monoisotopic (exact) mass is 343 g/mol. The summed E-state index contributed by atoms with van der Waals surface area (Å²) in [4.78, 5) is 4.28. The molecule has 0 amide bonds. The van der Waals surface area contributed by atoms with Gasteiger partial charge < -0.3 is 9.84 Å². The summed E-state index contributed by atoms with van der Waals surface area (Å²) in [5.41, 5.74) is 0.370. The van der Waals surface area contributed by atoms with Crippen LogP contribution in [-0.2, 0) is 0 Å². The maximum Gasteiger partial charge on any atom is 0.244 e. The fraction of sp³-hybridized carbons (Fsp3) is 0.385. The minimum atomic E-state index is -0.954. The molecule has 0 unspecified atom stereocenters. The molecule has 1 aliphatic rings. The van der Waals surface area contributed by atoms with E-state index in [4.69, 9.17) is 4.52 Å². The van der Waals surface area contributed by atoms with Crippen molar-refractivity contribution in [2.75, 3.05) is 6.54 Å². The minimum Gasteiger partial charge on any atom is -0.337 e. The van der Waals surface area contributed by atoms with Crippen molar-refractivity contribution in [1.29, 1.82) is 0 Å². The number of nitrogens with one attached hydrogen (secondary N) is 1. The van der Waals surface area contributed by atoms with Gasteiger partial charge in [0, 0.05) is 5.56 Å². The number of halogens is 3. The van der Waals surface area contributed by atoms with E-state index >= 15 is 0 Å². The van der Waals surface area contributed by atoms with E-state index in [0.717, 1.165) is 31.9 Å². The molecule has 20 heavy (non-hydrogen) atoms. The predicted octanol–water partition coefficient (Wildman–Crippen LogP) is 3.59. The van der Waals surface area contributed by atoms with Crippen LogP contribution < -0.4 is 5.32 Å². The van der Waals surface area contributed by atoms with Gasteiger partial charge in [0.2, 0.25) is 11.7 Å². The van der Waals surface area contributed by atoms with Crippen molar-refractivity contribution in [3.8, 4) is 11.4 Å². The second-order valence-corrected chi connectivity index (χ2v) is 5.47. The Kier molecular flexibility index (Phi) is 3.80. The van der Waals surface area contributed by atoms with Gasteiger partial charge in [-0.25, -0.2) is 8.78 Å². The van der Waals surface area contributed by atoms with Crippen LogP contribution in [0.1, 0.15) is 31.2 Å². The van der Waals surface area contributed by atoms with Crippen molar-refractivity contribution in [1.82, 2.24) is 15.5 Å². The molecule has 106 valence electrons. The van der Waals surface area contributed by atoms with E-state index in [1.807, 2.05) is 0 Å². The zero-order valence-corrected chi connectivity index (χ0v) is 12.1. The lowest BCUT2D eigenvalue weighted by atomic mass is 10.1. The third-order valence-electron chi connectivity index (χ3n) is 3.33. The number of hydrogen-bond donors (Lipinski definition) is 1. The molecule has 1 N–H and O–H groups in total. The summed E-state index contributed by atoms with van der Waals surface area (Å²) in [5.74, 6) is -1.14. The van der Waals surface area contributed by atoms with Gasteiger partial charge in [-0.1, -0.05) is 11.6 Å². The first kappa shape index (κ1) is 13.6. The molecular weight excluding hydrogens is 332 g/mol. The third-order valence-corrected chi connectivity index (χ3v) is 4.10. The van der Waals surface area contributed by atoms with Gasteiger partial charge in [0.1, 0.15) is 0 Å². The van der Waals surface area contributed by atoms with E-state index in [2.05, 4.69) is 31.4 Å². The van der Waals surface area contributed by atoms with E-state index < -0.39 is 11.6 Å². The smallest absolute Gasteiger partial charge is 0.244 e. The maximum absolute atomic E-state index is 13.5. The van der Waals surface area contributed by atoms with Gasteiger partial charge in [-0.2, -0.15) is 4.98 Å². The van der Waals surface area contributed by atoms with Crippen LogP contribution in [0.3, 0.4) is 0 Å². The van der Waals surface area contributed by atoms with Crippen LogP contribution >= 0.6 is 15.9 Å². The number of aromatic nitrogens is 2. The van der Waals surface area contributed by atoms with Crippen molar-refractivity contribution in [3.05, 3.63) is 34.1 Å². The zero-order valence-electron chi connectivity index (χ0n) is 10.5. The largest absolute Gasteiger partial charge is 0.337 e. The van der Waals surface area contributed by atoms with Crippen LogP contribution in [0.25, 0.3) is 11.4 Å².